The minimum absolute atomic E-state index is 0. The summed E-state index contributed by atoms with van der Waals surface area (Å²) in [5.74, 6) is 0.200. The first kappa shape index (κ1) is 16.9. The van der Waals surface area contributed by atoms with Gasteiger partial charge in [-0.15, -0.1) is 11.5 Å². The van der Waals surface area contributed by atoms with Gasteiger partial charge in [0.05, 0.1) is 0 Å². The van der Waals surface area contributed by atoms with E-state index < -0.39 is 0 Å². The van der Waals surface area contributed by atoms with Crippen LogP contribution in [0.2, 0.25) is 0 Å². The first-order valence-corrected chi connectivity index (χ1v) is 7.05. The first-order valence-electron chi connectivity index (χ1n) is 7.05. The van der Waals surface area contributed by atoms with Gasteiger partial charge in [0.1, 0.15) is 0 Å². The molecule has 0 aliphatic carbocycles. The van der Waals surface area contributed by atoms with Crippen LogP contribution in [0, 0.1) is 0 Å². The van der Waals surface area contributed by atoms with Crippen LogP contribution >= 0.6 is 0 Å². The molecule has 2 nitrogen and oxygen atoms in total. The second kappa shape index (κ2) is 7.68. The average Bonchev–Trinajstić information content (AvgIpc) is 2.57. The standard InChI is InChI=1S/2C10H8O.Mn/c2*11-10-7-3-5-8-4-1-2-6-9(8)10;/h2*1-7,11H;/q;;+2/p-2. The van der Waals surface area contributed by atoms with Crippen molar-refractivity contribution in [2.45, 2.75) is 0 Å². The van der Waals surface area contributed by atoms with E-state index in [1.54, 1.807) is 24.3 Å². The molecule has 0 aliphatic heterocycles. The van der Waals surface area contributed by atoms with Crippen molar-refractivity contribution in [1.82, 2.24) is 0 Å². The molecular weight excluding hydrogens is 327 g/mol. The van der Waals surface area contributed by atoms with Gasteiger partial charge in [-0.3, -0.25) is 0 Å². The summed E-state index contributed by atoms with van der Waals surface area (Å²) in [5.41, 5.74) is 0. The van der Waals surface area contributed by atoms with E-state index in [0.29, 0.717) is 0 Å². The fourth-order valence-electron chi connectivity index (χ4n) is 2.39. The van der Waals surface area contributed by atoms with E-state index in [9.17, 15) is 10.2 Å². The zero-order valence-electron chi connectivity index (χ0n) is 12.3. The van der Waals surface area contributed by atoms with Crippen LogP contribution in [0.25, 0.3) is 21.5 Å². The molecule has 0 aliphatic rings. The van der Waals surface area contributed by atoms with Crippen LogP contribution in [0.4, 0.5) is 0 Å². The fraction of sp³-hybridized carbons (Fsp3) is 0. The summed E-state index contributed by atoms with van der Waals surface area (Å²) in [7, 11) is 0. The SMILES string of the molecule is [Mn+2].[O-]c1cccc2ccccc12.[O-]c1cccc2ccccc12. The van der Waals surface area contributed by atoms with Gasteiger partial charge in [-0.1, -0.05) is 84.9 Å². The van der Waals surface area contributed by atoms with Crippen LogP contribution in [0.5, 0.6) is 11.5 Å². The molecule has 4 rings (SSSR count). The van der Waals surface area contributed by atoms with Crippen molar-refractivity contribution >= 4 is 21.5 Å². The molecule has 0 saturated heterocycles. The molecule has 0 N–H and O–H groups in total. The topological polar surface area (TPSA) is 46.1 Å². The molecule has 0 aromatic heterocycles. The molecular formula is C20H14MnO2. The Labute approximate surface area is 145 Å². The summed E-state index contributed by atoms with van der Waals surface area (Å²) in [6.07, 6.45) is 0. The Morgan fingerprint density at radius 3 is 1.17 bits per heavy atom. The summed E-state index contributed by atoms with van der Waals surface area (Å²) < 4.78 is 0. The van der Waals surface area contributed by atoms with E-state index in [1.165, 1.54) is 0 Å². The largest absolute Gasteiger partial charge is 2.00 e. The summed E-state index contributed by atoms with van der Waals surface area (Å²) >= 11 is 0. The predicted molar refractivity (Wildman–Crippen MR) is 86.8 cm³/mol. The maximum Gasteiger partial charge on any atom is 2.00 e. The third-order valence-electron chi connectivity index (χ3n) is 3.50. The third-order valence-corrected chi connectivity index (χ3v) is 3.50. The Morgan fingerprint density at radius 2 is 0.783 bits per heavy atom. The normalized spacial score (nSPS) is 9.74. The molecule has 4 aromatic carbocycles. The third kappa shape index (κ3) is 3.84. The van der Waals surface area contributed by atoms with Gasteiger partial charge in [-0.25, -0.2) is 0 Å². The average molecular weight is 341 g/mol. The monoisotopic (exact) mass is 341 g/mol. The Bertz CT molecular complexity index is 831. The molecule has 0 fully saturated rings. The van der Waals surface area contributed by atoms with Gasteiger partial charge < -0.3 is 10.2 Å². The number of rotatable bonds is 0. The van der Waals surface area contributed by atoms with Gasteiger partial charge in [0.2, 0.25) is 0 Å². The summed E-state index contributed by atoms with van der Waals surface area (Å²) in [4.78, 5) is 0. The quantitative estimate of drug-likeness (QED) is 0.457. The Morgan fingerprint density at radius 1 is 0.435 bits per heavy atom. The molecule has 3 heteroatoms. The van der Waals surface area contributed by atoms with Gasteiger partial charge in [0, 0.05) is 0 Å². The zero-order chi connectivity index (χ0) is 15.4. The minimum Gasteiger partial charge on any atom is -0.872 e. The van der Waals surface area contributed by atoms with Gasteiger partial charge in [0.15, 0.2) is 0 Å². The number of hydrogen-bond acceptors (Lipinski definition) is 2. The number of fused-ring (bicyclic) bond motifs is 2. The Balaban J connectivity index is 0.000000160. The molecule has 0 atom stereocenters. The van der Waals surface area contributed by atoms with Crippen molar-refractivity contribution in [1.29, 1.82) is 0 Å². The second-order valence-corrected chi connectivity index (χ2v) is 4.95. The maximum atomic E-state index is 11.2. The Kier molecular flexibility index (Phi) is 5.64. The van der Waals surface area contributed by atoms with Crippen LogP contribution < -0.4 is 10.2 Å². The van der Waals surface area contributed by atoms with Crippen molar-refractivity contribution in [3.63, 3.8) is 0 Å². The molecule has 0 amide bonds. The van der Waals surface area contributed by atoms with E-state index in [1.807, 2.05) is 60.7 Å². The molecule has 0 heterocycles. The van der Waals surface area contributed by atoms with Gasteiger partial charge in [-0.05, 0) is 21.5 Å². The zero-order valence-corrected chi connectivity index (χ0v) is 13.5. The summed E-state index contributed by atoms with van der Waals surface area (Å²) in [5, 5.41) is 26.0. The second-order valence-electron chi connectivity index (χ2n) is 4.95. The van der Waals surface area contributed by atoms with Crippen LogP contribution in [-0.2, 0) is 17.1 Å². The molecule has 1 radical (unpaired) electrons. The fourth-order valence-corrected chi connectivity index (χ4v) is 2.39. The molecule has 0 spiro atoms. The van der Waals surface area contributed by atoms with Crippen molar-refractivity contribution in [2.75, 3.05) is 0 Å². The van der Waals surface area contributed by atoms with Crippen LogP contribution in [0.15, 0.2) is 84.9 Å². The van der Waals surface area contributed by atoms with E-state index in [2.05, 4.69) is 0 Å². The predicted octanol–water partition coefficient (Wildman–Crippen LogP) is 3.82. The summed E-state index contributed by atoms with van der Waals surface area (Å²) in [6, 6.07) is 25.8. The maximum absolute atomic E-state index is 11.2. The van der Waals surface area contributed by atoms with Crippen LogP contribution in [0.1, 0.15) is 0 Å². The van der Waals surface area contributed by atoms with E-state index in [4.69, 9.17) is 0 Å². The van der Waals surface area contributed by atoms with Crippen molar-refractivity contribution < 1.29 is 27.3 Å². The molecule has 0 unspecified atom stereocenters. The van der Waals surface area contributed by atoms with Gasteiger partial charge in [-0.2, -0.15) is 0 Å². The molecule has 23 heavy (non-hydrogen) atoms. The Hall–Kier alpha value is -2.48. The van der Waals surface area contributed by atoms with E-state index >= 15 is 0 Å². The smallest absolute Gasteiger partial charge is 0.872 e. The number of benzene rings is 4. The van der Waals surface area contributed by atoms with E-state index in [0.717, 1.165) is 21.5 Å². The first-order chi connectivity index (χ1) is 10.8. The molecule has 4 aromatic rings. The molecule has 113 valence electrons. The van der Waals surface area contributed by atoms with Crippen molar-refractivity contribution in [3.8, 4) is 11.5 Å². The van der Waals surface area contributed by atoms with Crippen molar-refractivity contribution in [2.24, 2.45) is 0 Å². The molecule has 0 bridgehead atoms. The van der Waals surface area contributed by atoms with Crippen molar-refractivity contribution in [3.05, 3.63) is 84.9 Å². The van der Waals surface area contributed by atoms with E-state index in [-0.39, 0.29) is 28.6 Å². The van der Waals surface area contributed by atoms with Crippen LogP contribution in [0.3, 0.4) is 0 Å². The summed E-state index contributed by atoms with van der Waals surface area (Å²) in [6.45, 7) is 0. The van der Waals surface area contributed by atoms with Gasteiger partial charge >= 0.3 is 17.1 Å². The number of hydrogen-bond donors (Lipinski definition) is 0. The molecule has 0 saturated carbocycles. The minimum atomic E-state index is 0. The van der Waals surface area contributed by atoms with Gasteiger partial charge in [0.25, 0.3) is 0 Å². The van der Waals surface area contributed by atoms with Crippen LogP contribution in [-0.4, -0.2) is 0 Å².